The highest BCUT2D eigenvalue weighted by atomic mass is 16.3. The Morgan fingerprint density at radius 2 is 1.24 bits per heavy atom. The van der Waals surface area contributed by atoms with Gasteiger partial charge in [-0.05, 0) is 60.3 Å². The van der Waals surface area contributed by atoms with Crippen LogP contribution in [0.15, 0.2) is 10.4 Å². The third-order valence-electron chi connectivity index (χ3n) is 3.83. The molecule has 0 spiro atoms. The fourth-order valence-corrected chi connectivity index (χ4v) is 2.67. The lowest BCUT2D eigenvalue weighted by Gasteiger charge is -2.38. The van der Waals surface area contributed by atoms with Crippen LogP contribution < -0.4 is 0 Å². The van der Waals surface area contributed by atoms with E-state index in [1.807, 2.05) is 38.0 Å². The van der Waals surface area contributed by atoms with Gasteiger partial charge in [-0.15, -0.1) is 0 Å². The molecule has 0 aliphatic carbocycles. The topological polar surface area (TPSA) is 51.4 Å². The van der Waals surface area contributed by atoms with Crippen molar-refractivity contribution in [3.8, 4) is 0 Å². The van der Waals surface area contributed by atoms with Gasteiger partial charge in [0.25, 0.3) is 0 Å². The Morgan fingerprint density at radius 3 is 1.57 bits per heavy atom. The van der Waals surface area contributed by atoms with E-state index in [1.165, 1.54) is 0 Å². The molecular weight excluding hydrogens is 264 g/mol. The highest BCUT2D eigenvalue weighted by molar-refractivity contribution is 4.84. The van der Waals surface area contributed by atoms with E-state index in [9.17, 15) is 5.11 Å². The second kappa shape index (κ2) is 6.95. The minimum atomic E-state index is -0.726. The van der Waals surface area contributed by atoms with E-state index in [1.54, 1.807) is 0 Å². The molecule has 5 nitrogen and oxygen atoms in total. The summed E-state index contributed by atoms with van der Waals surface area (Å²) in [6.45, 7) is 16.5. The zero-order chi connectivity index (χ0) is 17.1. The average Bonchev–Trinajstić information content (AvgIpc) is 2.19. The number of hydrogen-bond acceptors (Lipinski definition) is 3. The molecule has 0 radical (unpaired) electrons. The van der Waals surface area contributed by atoms with Crippen LogP contribution in [0.2, 0.25) is 0 Å². The smallest absolute Gasteiger partial charge is 0.0614 e. The van der Waals surface area contributed by atoms with Crippen molar-refractivity contribution in [1.82, 2.24) is 10.0 Å². The monoisotopic (exact) mass is 300 g/mol. The number of aliphatic hydroxyl groups is 1. The van der Waals surface area contributed by atoms with Gasteiger partial charge in [-0.3, -0.25) is 10.0 Å². The minimum absolute atomic E-state index is 0.0289. The summed E-state index contributed by atoms with van der Waals surface area (Å²) in [6.07, 6.45) is 1.67. The third-order valence-corrected chi connectivity index (χ3v) is 3.83. The second-order valence-corrected chi connectivity index (χ2v) is 8.44. The zero-order valence-corrected chi connectivity index (χ0v) is 15.7. The summed E-state index contributed by atoms with van der Waals surface area (Å²) in [5, 5.41) is 22.4. The molecule has 0 atom stereocenters. The number of hydrogen-bond donors (Lipinski definition) is 1. The molecule has 0 amide bonds. The van der Waals surface area contributed by atoms with Crippen LogP contribution in [-0.2, 0) is 0 Å². The first kappa shape index (κ1) is 20.2. The lowest BCUT2D eigenvalue weighted by Crippen LogP contribution is -2.44. The summed E-state index contributed by atoms with van der Waals surface area (Å²) in [5.74, 6) is 0.613. The van der Waals surface area contributed by atoms with Crippen LogP contribution in [0.1, 0.15) is 68.2 Å². The Hall–Kier alpha value is -0.840. The van der Waals surface area contributed by atoms with Gasteiger partial charge in [0.1, 0.15) is 0 Å². The van der Waals surface area contributed by atoms with E-state index in [-0.39, 0.29) is 11.1 Å². The number of nitrogens with zero attached hydrogens (tertiary/aromatic N) is 4. The SMILES string of the molecule is CC(C)CC(C)(C)N(C)/N=N/N(C)C(C)(C)CC(C)(C)O. The van der Waals surface area contributed by atoms with Crippen molar-refractivity contribution in [2.45, 2.75) is 84.9 Å². The van der Waals surface area contributed by atoms with Crippen molar-refractivity contribution in [2.75, 3.05) is 14.1 Å². The van der Waals surface area contributed by atoms with Gasteiger partial charge in [-0.1, -0.05) is 24.3 Å². The lowest BCUT2D eigenvalue weighted by molar-refractivity contribution is 0.00170. The molecular formula is C16H36N4O. The molecule has 0 unspecified atom stereocenters. The van der Waals surface area contributed by atoms with Gasteiger partial charge >= 0.3 is 0 Å². The van der Waals surface area contributed by atoms with Crippen molar-refractivity contribution in [3.05, 3.63) is 0 Å². The first-order valence-corrected chi connectivity index (χ1v) is 7.79. The summed E-state index contributed by atoms with van der Waals surface area (Å²) in [4.78, 5) is 0. The van der Waals surface area contributed by atoms with Crippen LogP contribution in [-0.4, -0.2) is 45.9 Å². The van der Waals surface area contributed by atoms with Gasteiger partial charge in [0.05, 0.1) is 16.7 Å². The molecule has 1 N–H and O–H groups in total. The zero-order valence-electron chi connectivity index (χ0n) is 15.7. The molecule has 0 aromatic heterocycles. The minimum Gasteiger partial charge on any atom is -0.390 e. The summed E-state index contributed by atoms with van der Waals surface area (Å²) < 4.78 is 0. The Kier molecular flexibility index (Phi) is 6.67. The van der Waals surface area contributed by atoms with Crippen LogP contribution in [0.5, 0.6) is 0 Å². The van der Waals surface area contributed by atoms with Crippen LogP contribution in [0, 0.1) is 5.92 Å². The molecule has 5 heteroatoms. The Labute approximate surface area is 131 Å². The van der Waals surface area contributed by atoms with Crippen molar-refractivity contribution in [3.63, 3.8) is 0 Å². The fraction of sp³-hybridized carbons (Fsp3) is 1.00. The molecule has 0 saturated heterocycles. The van der Waals surface area contributed by atoms with E-state index in [2.05, 4.69) is 52.0 Å². The Bertz CT molecular complexity index is 343. The molecule has 0 saturated carbocycles. The molecule has 0 fully saturated rings. The molecule has 0 heterocycles. The van der Waals surface area contributed by atoms with Crippen molar-refractivity contribution < 1.29 is 5.11 Å². The molecule has 126 valence electrons. The standard InChI is InChI=1S/C16H36N4O/c1-13(2)11-14(3,4)19(9)17-18-20(10)15(5,6)12-16(7,8)21/h13,21H,11-12H2,1-10H3/b18-17+. The maximum Gasteiger partial charge on any atom is 0.0614 e. The van der Waals surface area contributed by atoms with Gasteiger partial charge < -0.3 is 5.11 Å². The quantitative estimate of drug-likeness (QED) is 0.546. The molecule has 0 aromatic rings. The molecule has 0 bridgehead atoms. The van der Waals surface area contributed by atoms with Gasteiger partial charge in [0.2, 0.25) is 0 Å². The largest absolute Gasteiger partial charge is 0.390 e. The van der Waals surface area contributed by atoms with Crippen molar-refractivity contribution in [1.29, 1.82) is 0 Å². The third kappa shape index (κ3) is 7.65. The Morgan fingerprint density at radius 1 is 0.857 bits per heavy atom. The van der Waals surface area contributed by atoms with Crippen LogP contribution in [0.3, 0.4) is 0 Å². The molecule has 0 aliphatic rings. The average molecular weight is 300 g/mol. The van der Waals surface area contributed by atoms with E-state index in [0.717, 1.165) is 6.42 Å². The molecule has 0 aromatic carbocycles. The fourth-order valence-electron chi connectivity index (χ4n) is 2.67. The lowest BCUT2D eigenvalue weighted by atomic mass is 9.89. The maximum absolute atomic E-state index is 10.00. The first-order chi connectivity index (χ1) is 9.17. The van der Waals surface area contributed by atoms with Gasteiger partial charge in [-0.2, -0.15) is 0 Å². The van der Waals surface area contributed by atoms with Crippen LogP contribution in [0.4, 0.5) is 0 Å². The molecule has 0 rings (SSSR count). The summed E-state index contributed by atoms with van der Waals surface area (Å²) in [6, 6.07) is 0. The normalized spacial score (nSPS) is 14.1. The molecule has 0 aliphatic heterocycles. The summed E-state index contributed by atoms with van der Waals surface area (Å²) >= 11 is 0. The predicted molar refractivity (Wildman–Crippen MR) is 88.9 cm³/mol. The van der Waals surface area contributed by atoms with E-state index < -0.39 is 5.60 Å². The van der Waals surface area contributed by atoms with E-state index >= 15 is 0 Å². The highest BCUT2D eigenvalue weighted by Gasteiger charge is 2.31. The Balaban J connectivity index is 4.79. The van der Waals surface area contributed by atoms with Gasteiger partial charge in [0, 0.05) is 14.1 Å². The van der Waals surface area contributed by atoms with Crippen molar-refractivity contribution in [2.24, 2.45) is 16.4 Å². The molecule has 21 heavy (non-hydrogen) atoms. The highest BCUT2D eigenvalue weighted by Crippen LogP contribution is 2.26. The predicted octanol–water partition coefficient (Wildman–Crippen LogP) is 3.90. The van der Waals surface area contributed by atoms with Crippen molar-refractivity contribution >= 4 is 0 Å². The summed E-state index contributed by atoms with van der Waals surface area (Å²) in [7, 11) is 3.86. The van der Waals surface area contributed by atoms with Gasteiger partial charge in [0.15, 0.2) is 0 Å². The maximum atomic E-state index is 10.00. The summed E-state index contributed by atoms with van der Waals surface area (Å²) in [5.41, 5.74) is -1.01. The number of rotatable bonds is 8. The van der Waals surface area contributed by atoms with Gasteiger partial charge in [-0.25, -0.2) is 0 Å². The van der Waals surface area contributed by atoms with E-state index in [0.29, 0.717) is 12.3 Å². The first-order valence-electron chi connectivity index (χ1n) is 7.79. The van der Waals surface area contributed by atoms with Crippen LogP contribution >= 0.6 is 0 Å². The van der Waals surface area contributed by atoms with Crippen LogP contribution in [0.25, 0.3) is 0 Å². The second-order valence-electron chi connectivity index (χ2n) is 8.44. The van der Waals surface area contributed by atoms with E-state index in [4.69, 9.17) is 0 Å².